The molecule has 3 rings (SSSR count). The Labute approximate surface area is 130 Å². The molecule has 0 aliphatic rings. The van der Waals surface area contributed by atoms with Gasteiger partial charge in [0.25, 0.3) is 0 Å². The van der Waals surface area contributed by atoms with Crippen LogP contribution in [0.2, 0.25) is 0 Å². The Morgan fingerprint density at radius 1 is 0.826 bits per heavy atom. The summed E-state index contributed by atoms with van der Waals surface area (Å²) < 4.78 is 44.3. The summed E-state index contributed by atoms with van der Waals surface area (Å²) >= 11 is 0. The number of nitrogens with zero attached hydrogens (tertiary/aromatic N) is 1. The average molecular weight is 313 g/mol. The van der Waals surface area contributed by atoms with E-state index in [1.165, 1.54) is 0 Å². The number of rotatable bonds is 1. The van der Waals surface area contributed by atoms with E-state index >= 15 is 0 Å². The van der Waals surface area contributed by atoms with Crippen molar-refractivity contribution in [3.05, 3.63) is 77.5 Å². The van der Waals surface area contributed by atoms with Crippen molar-refractivity contribution < 1.29 is 17.7 Å². The Morgan fingerprint density at radius 2 is 1.43 bits per heavy atom. The van der Waals surface area contributed by atoms with Crippen LogP contribution in [0.3, 0.4) is 0 Å². The van der Waals surface area contributed by atoms with Gasteiger partial charge < -0.3 is 4.52 Å². The van der Waals surface area contributed by atoms with E-state index in [4.69, 9.17) is 4.52 Å². The maximum atomic E-state index is 13.1. The Morgan fingerprint density at radius 3 is 2.04 bits per heavy atom. The minimum atomic E-state index is -4.63. The number of benzene rings is 2. The molecular weight excluding hydrogens is 303 g/mol. The molecule has 0 spiro atoms. The van der Waals surface area contributed by atoms with Crippen molar-refractivity contribution >= 4 is 0 Å². The van der Waals surface area contributed by atoms with Gasteiger partial charge in [0, 0.05) is 11.1 Å². The molecule has 0 fully saturated rings. The summed E-state index contributed by atoms with van der Waals surface area (Å²) in [4.78, 5) is 0. The van der Waals surface area contributed by atoms with Gasteiger partial charge in [0.1, 0.15) is 5.56 Å². The standard InChI is InChI=1S/C18H10F3NO/c19-18(20,21)17-15(12-11-13-7-3-1-4-8-13)16(23-22-17)14-9-5-2-6-10-14/h1-10H. The van der Waals surface area contributed by atoms with Gasteiger partial charge in [0.2, 0.25) is 5.69 Å². The average Bonchev–Trinajstić information content (AvgIpc) is 2.99. The first kappa shape index (κ1) is 14.9. The van der Waals surface area contributed by atoms with Crippen LogP contribution in [0.1, 0.15) is 16.8 Å². The van der Waals surface area contributed by atoms with E-state index in [2.05, 4.69) is 17.0 Å². The zero-order valence-electron chi connectivity index (χ0n) is 11.8. The highest BCUT2D eigenvalue weighted by atomic mass is 19.4. The summed E-state index contributed by atoms with van der Waals surface area (Å²) in [6.07, 6.45) is -4.63. The van der Waals surface area contributed by atoms with Gasteiger partial charge in [-0.05, 0) is 12.1 Å². The van der Waals surface area contributed by atoms with Crippen LogP contribution >= 0.6 is 0 Å². The second-order valence-corrected chi connectivity index (χ2v) is 4.72. The first-order chi connectivity index (χ1) is 11.1. The normalized spacial score (nSPS) is 10.9. The molecule has 0 saturated carbocycles. The summed E-state index contributed by atoms with van der Waals surface area (Å²) in [6, 6.07) is 17.2. The van der Waals surface area contributed by atoms with Crippen LogP contribution < -0.4 is 0 Å². The Kier molecular flexibility index (Phi) is 3.90. The first-order valence-corrected chi connectivity index (χ1v) is 6.75. The van der Waals surface area contributed by atoms with E-state index in [0.717, 1.165) is 0 Å². The molecule has 0 aliphatic carbocycles. The highest BCUT2D eigenvalue weighted by molar-refractivity contribution is 5.67. The van der Waals surface area contributed by atoms with Gasteiger partial charge in [-0.25, -0.2) is 0 Å². The van der Waals surface area contributed by atoms with Crippen LogP contribution in [0, 0.1) is 11.8 Å². The van der Waals surface area contributed by atoms with Crippen LogP contribution in [0.15, 0.2) is 65.2 Å². The molecule has 2 nitrogen and oxygen atoms in total. The second-order valence-electron chi connectivity index (χ2n) is 4.72. The lowest BCUT2D eigenvalue weighted by atomic mass is 10.1. The fourth-order valence-corrected chi connectivity index (χ4v) is 2.04. The minimum Gasteiger partial charge on any atom is -0.354 e. The smallest absolute Gasteiger partial charge is 0.354 e. The Balaban J connectivity index is 2.13. The quantitative estimate of drug-likeness (QED) is 0.605. The van der Waals surface area contributed by atoms with Crippen molar-refractivity contribution in [3.63, 3.8) is 0 Å². The molecule has 0 aliphatic heterocycles. The molecule has 23 heavy (non-hydrogen) atoms. The molecule has 0 bridgehead atoms. The number of aromatic nitrogens is 1. The van der Waals surface area contributed by atoms with E-state index in [0.29, 0.717) is 11.1 Å². The van der Waals surface area contributed by atoms with Gasteiger partial charge in [-0.2, -0.15) is 13.2 Å². The molecule has 2 aromatic carbocycles. The molecule has 0 N–H and O–H groups in total. The largest absolute Gasteiger partial charge is 0.438 e. The fraction of sp³-hybridized carbons (Fsp3) is 0.0556. The molecular formula is C18H10F3NO. The minimum absolute atomic E-state index is 0.0151. The highest BCUT2D eigenvalue weighted by Gasteiger charge is 2.39. The predicted octanol–water partition coefficient (Wildman–Crippen LogP) is 4.76. The Hall–Kier alpha value is -3.00. The van der Waals surface area contributed by atoms with E-state index in [-0.39, 0.29) is 11.3 Å². The van der Waals surface area contributed by atoms with Crippen molar-refractivity contribution in [2.75, 3.05) is 0 Å². The van der Waals surface area contributed by atoms with Crippen LogP contribution in [-0.2, 0) is 6.18 Å². The van der Waals surface area contributed by atoms with Gasteiger partial charge in [-0.1, -0.05) is 65.5 Å². The lowest BCUT2D eigenvalue weighted by molar-refractivity contribution is -0.142. The number of halogens is 3. The van der Waals surface area contributed by atoms with E-state index in [1.54, 1.807) is 60.7 Å². The third-order valence-electron chi connectivity index (χ3n) is 3.10. The van der Waals surface area contributed by atoms with Gasteiger partial charge in [0.15, 0.2) is 5.76 Å². The molecule has 114 valence electrons. The van der Waals surface area contributed by atoms with Gasteiger partial charge in [0.05, 0.1) is 0 Å². The topological polar surface area (TPSA) is 26.0 Å². The maximum absolute atomic E-state index is 13.1. The zero-order chi connectivity index (χ0) is 16.3. The lowest BCUT2D eigenvalue weighted by Crippen LogP contribution is -2.07. The van der Waals surface area contributed by atoms with E-state index in [1.807, 2.05) is 0 Å². The lowest BCUT2D eigenvalue weighted by Gasteiger charge is -2.01. The molecule has 5 heteroatoms. The van der Waals surface area contributed by atoms with E-state index in [9.17, 15) is 13.2 Å². The van der Waals surface area contributed by atoms with Crippen molar-refractivity contribution in [3.8, 4) is 23.2 Å². The van der Waals surface area contributed by atoms with Crippen molar-refractivity contribution in [1.82, 2.24) is 5.16 Å². The molecule has 1 heterocycles. The van der Waals surface area contributed by atoms with Crippen LogP contribution in [-0.4, -0.2) is 5.16 Å². The van der Waals surface area contributed by atoms with Gasteiger partial charge >= 0.3 is 6.18 Å². The SMILES string of the molecule is FC(F)(F)c1noc(-c2ccccc2)c1C#Cc1ccccc1. The monoisotopic (exact) mass is 313 g/mol. The second kappa shape index (κ2) is 6.01. The van der Waals surface area contributed by atoms with Crippen LogP contribution in [0.25, 0.3) is 11.3 Å². The summed E-state index contributed by atoms with van der Waals surface area (Å²) in [5.41, 5.74) is -0.263. The fourth-order valence-electron chi connectivity index (χ4n) is 2.04. The molecule has 3 aromatic rings. The summed E-state index contributed by atoms with van der Waals surface area (Å²) in [5.74, 6) is 5.29. The summed E-state index contributed by atoms with van der Waals surface area (Å²) in [7, 11) is 0. The molecule has 1 aromatic heterocycles. The van der Waals surface area contributed by atoms with Crippen molar-refractivity contribution in [1.29, 1.82) is 0 Å². The molecule has 0 atom stereocenters. The zero-order valence-corrected chi connectivity index (χ0v) is 11.8. The van der Waals surface area contributed by atoms with Gasteiger partial charge in [-0.3, -0.25) is 0 Å². The molecule has 0 amide bonds. The summed E-state index contributed by atoms with van der Waals surface area (Å²) in [6.45, 7) is 0. The van der Waals surface area contributed by atoms with Crippen molar-refractivity contribution in [2.45, 2.75) is 6.18 Å². The third kappa shape index (κ3) is 3.27. The van der Waals surface area contributed by atoms with E-state index < -0.39 is 11.9 Å². The van der Waals surface area contributed by atoms with Gasteiger partial charge in [-0.15, -0.1) is 0 Å². The number of alkyl halides is 3. The molecule has 0 saturated heterocycles. The van der Waals surface area contributed by atoms with Crippen LogP contribution in [0.5, 0.6) is 0 Å². The number of hydrogen-bond acceptors (Lipinski definition) is 2. The van der Waals surface area contributed by atoms with Crippen molar-refractivity contribution in [2.24, 2.45) is 0 Å². The highest BCUT2D eigenvalue weighted by Crippen LogP contribution is 2.35. The first-order valence-electron chi connectivity index (χ1n) is 6.75. The van der Waals surface area contributed by atoms with Crippen LogP contribution in [0.4, 0.5) is 13.2 Å². The Bertz CT molecular complexity index is 856. The molecule has 0 radical (unpaired) electrons. The number of hydrogen-bond donors (Lipinski definition) is 0. The predicted molar refractivity (Wildman–Crippen MR) is 79.4 cm³/mol. The third-order valence-corrected chi connectivity index (χ3v) is 3.10. The maximum Gasteiger partial charge on any atom is 0.438 e. The summed E-state index contributed by atoms with van der Waals surface area (Å²) in [5, 5.41) is 3.17. The molecule has 0 unspecified atom stereocenters.